The molecule has 0 bridgehead atoms. The van der Waals surface area contributed by atoms with Crippen LogP contribution < -0.4 is 5.32 Å². The highest BCUT2D eigenvalue weighted by Crippen LogP contribution is 2.04. The van der Waals surface area contributed by atoms with E-state index >= 15 is 0 Å². The van der Waals surface area contributed by atoms with Crippen LogP contribution in [0.4, 0.5) is 5.95 Å². The molecule has 1 heterocycles. The van der Waals surface area contributed by atoms with E-state index in [1.807, 2.05) is 13.0 Å². The number of rotatable bonds is 4. The molecule has 0 fully saturated rings. The Balaban J connectivity index is 1.85. The van der Waals surface area contributed by atoms with Crippen LogP contribution in [-0.2, 0) is 6.42 Å². The molecular weight excluding hydrogens is 210 g/mol. The molecule has 0 spiro atoms. The van der Waals surface area contributed by atoms with Crippen LogP contribution in [0.15, 0.2) is 36.5 Å². The van der Waals surface area contributed by atoms with Gasteiger partial charge in [0, 0.05) is 18.4 Å². The number of aryl methyl sites for hydroxylation is 2. The average molecular weight is 227 g/mol. The highest BCUT2D eigenvalue weighted by Gasteiger charge is 1.96. The minimum absolute atomic E-state index is 0.706. The third-order valence-electron chi connectivity index (χ3n) is 2.61. The van der Waals surface area contributed by atoms with Gasteiger partial charge in [-0.05, 0) is 31.9 Å². The fourth-order valence-corrected chi connectivity index (χ4v) is 1.61. The third-order valence-corrected chi connectivity index (χ3v) is 2.61. The second kappa shape index (κ2) is 5.43. The molecule has 1 aromatic heterocycles. The van der Waals surface area contributed by atoms with Gasteiger partial charge in [0.05, 0.1) is 0 Å². The summed E-state index contributed by atoms with van der Waals surface area (Å²) in [5, 5.41) is 3.23. The van der Waals surface area contributed by atoms with Gasteiger partial charge in [0.25, 0.3) is 0 Å². The van der Waals surface area contributed by atoms with Gasteiger partial charge in [-0.2, -0.15) is 0 Å². The van der Waals surface area contributed by atoms with Crippen molar-refractivity contribution < 1.29 is 0 Å². The SMILES string of the molecule is Cc1ccc(CCNc2nccc(C)n2)cc1. The van der Waals surface area contributed by atoms with E-state index < -0.39 is 0 Å². The number of aromatic nitrogens is 2. The van der Waals surface area contributed by atoms with Gasteiger partial charge in [-0.25, -0.2) is 9.97 Å². The lowest BCUT2D eigenvalue weighted by atomic mass is 10.1. The highest BCUT2D eigenvalue weighted by atomic mass is 15.1. The van der Waals surface area contributed by atoms with E-state index in [0.29, 0.717) is 5.95 Å². The van der Waals surface area contributed by atoms with Crippen LogP contribution in [0.5, 0.6) is 0 Å². The van der Waals surface area contributed by atoms with E-state index in [1.54, 1.807) is 6.20 Å². The predicted octanol–water partition coefficient (Wildman–Crippen LogP) is 2.75. The Bertz CT molecular complexity index is 477. The van der Waals surface area contributed by atoms with Gasteiger partial charge in [0.2, 0.25) is 5.95 Å². The van der Waals surface area contributed by atoms with Crippen molar-refractivity contribution in [2.45, 2.75) is 20.3 Å². The van der Waals surface area contributed by atoms with Gasteiger partial charge in [0.1, 0.15) is 0 Å². The van der Waals surface area contributed by atoms with Crippen molar-refractivity contribution in [3.8, 4) is 0 Å². The van der Waals surface area contributed by atoms with Crippen molar-refractivity contribution in [2.75, 3.05) is 11.9 Å². The smallest absolute Gasteiger partial charge is 0.222 e. The second-order valence-electron chi connectivity index (χ2n) is 4.18. The lowest BCUT2D eigenvalue weighted by Gasteiger charge is -2.05. The van der Waals surface area contributed by atoms with E-state index in [9.17, 15) is 0 Å². The van der Waals surface area contributed by atoms with Crippen molar-refractivity contribution in [3.05, 3.63) is 53.3 Å². The molecule has 0 saturated heterocycles. The van der Waals surface area contributed by atoms with Crippen LogP contribution >= 0.6 is 0 Å². The third kappa shape index (κ3) is 3.55. The molecular formula is C14H17N3. The summed E-state index contributed by atoms with van der Waals surface area (Å²) in [5.41, 5.74) is 3.61. The van der Waals surface area contributed by atoms with Gasteiger partial charge in [-0.1, -0.05) is 29.8 Å². The van der Waals surface area contributed by atoms with Crippen LogP contribution in [0.3, 0.4) is 0 Å². The maximum Gasteiger partial charge on any atom is 0.222 e. The maximum atomic E-state index is 4.30. The lowest BCUT2D eigenvalue weighted by Crippen LogP contribution is -2.08. The minimum atomic E-state index is 0.706. The summed E-state index contributed by atoms with van der Waals surface area (Å²) in [7, 11) is 0. The quantitative estimate of drug-likeness (QED) is 0.872. The maximum absolute atomic E-state index is 4.30. The summed E-state index contributed by atoms with van der Waals surface area (Å²) in [6.45, 7) is 4.92. The summed E-state index contributed by atoms with van der Waals surface area (Å²) >= 11 is 0. The Morgan fingerprint density at radius 2 is 1.82 bits per heavy atom. The first-order chi connectivity index (χ1) is 8.24. The molecule has 0 amide bonds. The molecule has 88 valence electrons. The number of hydrogen-bond donors (Lipinski definition) is 1. The zero-order chi connectivity index (χ0) is 12.1. The van der Waals surface area contributed by atoms with E-state index in [1.165, 1.54) is 11.1 Å². The molecule has 0 atom stereocenters. The first-order valence-corrected chi connectivity index (χ1v) is 5.83. The fourth-order valence-electron chi connectivity index (χ4n) is 1.61. The van der Waals surface area contributed by atoms with Crippen molar-refractivity contribution in [1.82, 2.24) is 9.97 Å². The predicted molar refractivity (Wildman–Crippen MR) is 70.1 cm³/mol. The fraction of sp³-hybridized carbons (Fsp3) is 0.286. The Morgan fingerprint density at radius 3 is 2.53 bits per heavy atom. The zero-order valence-electron chi connectivity index (χ0n) is 10.3. The van der Waals surface area contributed by atoms with Crippen molar-refractivity contribution in [3.63, 3.8) is 0 Å². The molecule has 0 saturated carbocycles. The van der Waals surface area contributed by atoms with Crippen LogP contribution in [0.25, 0.3) is 0 Å². The molecule has 2 aromatic rings. The molecule has 17 heavy (non-hydrogen) atoms. The monoisotopic (exact) mass is 227 g/mol. The number of nitrogens with zero attached hydrogens (tertiary/aromatic N) is 2. The molecule has 0 aliphatic rings. The van der Waals surface area contributed by atoms with Gasteiger partial charge in [-0.3, -0.25) is 0 Å². The van der Waals surface area contributed by atoms with Crippen LogP contribution in [0.1, 0.15) is 16.8 Å². The minimum Gasteiger partial charge on any atom is -0.354 e. The number of benzene rings is 1. The van der Waals surface area contributed by atoms with Gasteiger partial charge < -0.3 is 5.32 Å². The molecule has 1 N–H and O–H groups in total. The Morgan fingerprint density at radius 1 is 1.06 bits per heavy atom. The van der Waals surface area contributed by atoms with Gasteiger partial charge in [0.15, 0.2) is 0 Å². The van der Waals surface area contributed by atoms with Crippen molar-refractivity contribution >= 4 is 5.95 Å². The molecule has 0 unspecified atom stereocenters. The largest absolute Gasteiger partial charge is 0.354 e. The van der Waals surface area contributed by atoms with Gasteiger partial charge >= 0.3 is 0 Å². The Kier molecular flexibility index (Phi) is 3.70. The van der Waals surface area contributed by atoms with E-state index in [-0.39, 0.29) is 0 Å². The van der Waals surface area contributed by atoms with Crippen molar-refractivity contribution in [2.24, 2.45) is 0 Å². The molecule has 0 aliphatic heterocycles. The molecule has 1 aromatic carbocycles. The molecule has 0 aliphatic carbocycles. The van der Waals surface area contributed by atoms with E-state index in [4.69, 9.17) is 0 Å². The average Bonchev–Trinajstić information content (AvgIpc) is 2.32. The lowest BCUT2D eigenvalue weighted by molar-refractivity contribution is 0.974. The van der Waals surface area contributed by atoms with E-state index in [0.717, 1.165) is 18.7 Å². The first-order valence-electron chi connectivity index (χ1n) is 5.83. The molecule has 3 nitrogen and oxygen atoms in total. The summed E-state index contributed by atoms with van der Waals surface area (Å²) in [6.07, 6.45) is 2.76. The topological polar surface area (TPSA) is 37.8 Å². The van der Waals surface area contributed by atoms with Crippen molar-refractivity contribution in [1.29, 1.82) is 0 Å². The summed E-state index contributed by atoms with van der Waals surface area (Å²) in [6, 6.07) is 10.5. The van der Waals surface area contributed by atoms with Crippen LogP contribution in [0.2, 0.25) is 0 Å². The highest BCUT2D eigenvalue weighted by molar-refractivity contribution is 5.26. The summed E-state index contributed by atoms with van der Waals surface area (Å²) < 4.78 is 0. The zero-order valence-corrected chi connectivity index (χ0v) is 10.3. The summed E-state index contributed by atoms with van der Waals surface area (Å²) in [4.78, 5) is 8.46. The number of anilines is 1. The number of hydrogen-bond acceptors (Lipinski definition) is 3. The van der Waals surface area contributed by atoms with Crippen LogP contribution in [-0.4, -0.2) is 16.5 Å². The normalized spacial score (nSPS) is 10.2. The molecule has 0 radical (unpaired) electrons. The van der Waals surface area contributed by atoms with Crippen LogP contribution in [0, 0.1) is 13.8 Å². The second-order valence-corrected chi connectivity index (χ2v) is 4.18. The number of nitrogens with one attached hydrogen (secondary N) is 1. The summed E-state index contributed by atoms with van der Waals surface area (Å²) in [5.74, 6) is 0.706. The van der Waals surface area contributed by atoms with Gasteiger partial charge in [-0.15, -0.1) is 0 Å². The Labute approximate surface area is 102 Å². The van der Waals surface area contributed by atoms with E-state index in [2.05, 4.69) is 46.5 Å². The standard InChI is InChI=1S/C14H17N3/c1-11-3-5-13(6-4-11)8-10-16-14-15-9-7-12(2)17-14/h3-7,9H,8,10H2,1-2H3,(H,15,16,17). The molecule has 2 rings (SSSR count). The first kappa shape index (κ1) is 11.6. The Hall–Kier alpha value is -1.90. The molecule has 3 heteroatoms.